The summed E-state index contributed by atoms with van der Waals surface area (Å²) in [5.74, 6) is -0.0801. The zero-order valence-electron chi connectivity index (χ0n) is 12.6. The van der Waals surface area contributed by atoms with Gasteiger partial charge in [0.1, 0.15) is 12.4 Å². The standard InChI is InChI=1S/C16H14ClFN4O2/c17-13-2-4-15(21-10-13)24-6-5-20-16(23)22-9-12-7-11(8-19)1-3-14(12)18/h1-4,7,10H,5-6,9H2,(H2,20,22,23). The first-order valence-corrected chi connectivity index (χ1v) is 7.41. The highest BCUT2D eigenvalue weighted by molar-refractivity contribution is 6.30. The second kappa shape index (κ2) is 8.70. The van der Waals surface area contributed by atoms with Crippen molar-refractivity contribution in [1.29, 1.82) is 5.26 Å². The quantitative estimate of drug-likeness (QED) is 0.786. The van der Waals surface area contributed by atoms with E-state index < -0.39 is 11.8 Å². The highest BCUT2D eigenvalue weighted by Crippen LogP contribution is 2.11. The predicted molar refractivity (Wildman–Crippen MR) is 86.1 cm³/mol. The zero-order valence-corrected chi connectivity index (χ0v) is 13.3. The van der Waals surface area contributed by atoms with Crippen molar-refractivity contribution in [2.45, 2.75) is 6.54 Å². The van der Waals surface area contributed by atoms with Crippen LogP contribution < -0.4 is 15.4 Å². The third-order valence-corrected chi connectivity index (χ3v) is 3.18. The Labute approximate surface area is 143 Å². The van der Waals surface area contributed by atoms with Gasteiger partial charge < -0.3 is 15.4 Å². The largest absolute Gasteiger partial charge is 0.476 e. The minimum Gasteiger partial charge on any atom is -0.476 e. The average molecular weight is 349 g/mol. The minimum atomic E-state index is -0.480. The van der Waals surface area contributed by atoms with Crippen LogP contribution in [-0.4, -0.2) is 24.2 Å². The van der Waals surface area contributed by atoms with Crippen LogP contribution in [0.2, 0.25) is 5.02 Å². The van der Waals surface area contributed by atoms with Crippen molar-refractivity contribution in [2.75, 3.05) is 13.2 Å². The van der Waals surface area contributed by atoms with Gasteiger partial charge in [-0.3, -0.25) is 0 Å². The van der Waals surface area contributed by atoms with Gasteiger partial charge in [0, 0.05) is 24.4 Å². The first-order chi connectivity index (χ1) is 11.6. The van der Waals surface area contributed by atoms with E-state index in [1.807, 2.05) is 6.07 Å². The molecule has 1 aromatic heterocycles. The van der Waals surface area contributed by atoms with Gasteiger partial charge in [0.25, 0.3) is 0 Å². The average Bonchev–Trinajstić information content (AvgIpc) is 2.59. The Morgan fingerprint density at radius 1 is 1.33 bits per heavy atom. The Bertz CT molecular complexity index is 747. The molecule has 124 valence electrons. The molecule has 0 aliphatic heterocycles. The topological polar surface area (TPSA) is 87.0 Å². The number of nitrogens with one attached hydrogen (secondary N) is 2. The minimum absolute atomic E-state index is 0.0210. The lowest BCUT2D eigenvalue weighted by atomic mass is 10.1. The fraction of sp³-hybridized carbons (Fsp3) is 0.188. The summed E-state index contributed by atoms with van der Waals surface area (Å²) in [6.07, 6.45) is 1.46. The maximum Gasteiger partial charge on any atom is 0.315 e. The number of nitriles is 1. The van der Waals surface area contributed by atoms with Gasteiger partial charge in [-0.05, 0) is 24.3 Å². The summed E-state index contributed by atoms with van der Waals surface area (Å²) in [5, 5.41) is 14.4. The van der Waals surface area contributed by atoms with Crippen molar-refractivity contribution in [3.8, 4) is 11.9 Å². The van der Waals surface area contributed by atoms with E-state index in [1.165, 1.54) is 24.4 Å². The molecule has 2 aromatic rings. The van der Waals surface area contributed by atoms with Gasteiger partial charge in [-0.1, -0.05) is 11.6 Å². The van der Waals surface area contributed by atoms with Crippen LogP contribution in [0.3, 0.4) is 0 Å². The number of ether oxygens (including phenoxy) is 1. The summed E-state index contributed by atoms with van der Waals surface area (Å²) in [6, 6.07) is 8.68. The molecule has 0 unspecified atom stereocenters. The van der Waals surface area contributed by atoms with E-state index in [0.717, 1.165) is 0 Å². The van der Waals surface area contributed by atoms with E-state index >= 15 is 0 Å². The molecule has 2 amide bonds. The highest BCUT2D eigenvalue weighted by Gasteiger charge is 2.06. The Morgan fingerprint density at radius 2 is 2.17 bits per heavy atom. The molecule has 0 spiro atoms. The number of aromatic nitrogens is 1. The molecule has 24 heavy (non-hydrogen) atoms. The molecule has 1 aromatic carbocycles. The maximum absolute atomic E-state index is 13.6. The van der Waals surface area contributed by atoms with Gasteiger partial charge in [-0.15, -0.1) is 0 Å². The fourth-order valence-electron chi connectivity index (χ4n) is 1.79. The summed E-state index contributed by atoms with van der Waals surface area (Å²) in [5.41, 5.74) is 0.572. The second-order valence-corrected chi connectivity index (χ2v) is 5.13. The maximum atomic E-state index is 13.6. The first kappa shape index (κ1) is 17.5. The number of pyridine rings is 1. The molecule has 8 heteroatoms. The molecule has 0 saturated carbocycles. The van der Waals surface area contributed by atoms with Crippen molar-refractivity contribution in [3.63, 3.8) is 0 Å². The van der Waals surface area contributed by atoms with Crippen molar-refractivity contribution in [3.05, 3.63) is 58.5 Å². The molecule has 0 bridgehead atoms. The summed E-state index contributed by atoms with van der Waals surface area (Å²) in [7, 11) is 0. The van der Waals surface area contributed by atoms with Gasteiger partial charge in [-0.2, -0.15) is 5.26 Å². The van der Waals surface area contributed by atoms with Crippen LogP contribution in [0.15, 0.2) is 36.5 Å². The van der Waals surface area contributed by atoms with Crippen molar-refractivity contribution in [1.82, 2.24) is 15.6 Å². The molecule has 6 nitrogen and oxygen atoms in total. The third-order valence-electron chi connectivity index (χ3n) is 2.95. The molecule has 0 radical (unpaired) electrons. The third kappa shape index (κ3) is 5.41. The Hall–Kier alpha value is -2.85. The van der Waals surface area contributed by atoms with Crippen LogP contribution in [0, 0.1) is 17.1 Å². The molecule has 0 aliphatic rings. The Balaban J connectivity index is 1.70. The number of hydrogen-bond acceptors (Lipinski definition) is 4. The summed E-state index contributed by atoms with van der Waals surface area (Å²) in [4.78, 5) is 15.6. The van der Waals surface area contributed by atoms with Crippen LogP contribution in [0.5, 0.6) is 5.88 Å². The lowest BCUT2D eigenvalue weighted by Gasteiger charge is -2.09. The lowest BCUT2D eigenvalue weighted by molar-refractivity contribution is 0.235. The molecule has 1 heterocycles. The van der Waals surface area contributed by atoms with E-state index in [1.54, 1.807) is 12.1 Å². The fourth-order valence-corrected chi connectivity index (χ4v) is 1.90. The molecule has 2 N–H and O–H groups in total. The van der Waals surface area contributed by atoms with Crippen LogP contribution in [0.1, 0.15) is 11.1 Å². The number of carbonyl (C=O) groups excluding carboxylic acids is 1. The van der Waals surface area contributed by atoms with Gasteiger partial charge in [0.2, 0.25) is 5.88 Å². The number of nitrogens with zero attached hydrogens (tertiary/aromatic N) is 2. The number of carbonyl (C=O) groups is 1. The van der Waals surface area contributed by atoms with Crippen LogP contribution in [0.4, 0.5) is 9.18 Å². The number of benzene rings is 1. The summed E-state index contributed by atoms with van der Waals surface area (Å²) >= 11 is 5.70. The molecular formula is C16H14ClFN4O2. The number of urea groups is 1. The number of halogens is 2. The summed E-state index contributed by atoms with van der Waals surface area (Å²) in [6.45, 7) is 0.448. The van der Waals surface area contributed by atoms with Crippen LogP contribution >= 0.6 is 11.6 Å². The van der Waals surface area contributed by atoms with Gasteiger partial charge in [0.05, 0.1) is 23.2 Å². The number of rotatable bonds is 6. The highest BCUT2D eigenvalue weighted by atomic mass is 35.5. The predicted octanol–water partition coefficient (Wildman–Crippen LogP) is 2.62. The smallest absolute Gasteiger partial charge is 0.315 e. The molecular weight excluding hydrogens is 335 g/mol. The van der Waals surface area contributed by atoms with Crippen LogP contribution in [-0.2, 0) is 6.54 Å². The van der Waals surface area contributed by atoms with Crippen molar-refractivity contribution in [2.24, 2.45) is 0 Å². The van der Waals surface area contributed by atoms with Gasteiger partial charge >= 0.3 is 6.03 Å². The van der Waals surface area contributed by atoms with Crippen LogP contribution in [0.25, 0.3) is 0 Å². The van der Waals surface area contributed by atoms with Crippen molar-refractivity contribution < 1.29 is 13.9 Å². The molecule has 0 aliphatic carbocycles. The van der Waals surface area contributed by atoms with Crippen molar-refractivity contribution >= 4 is 17.6 Å². The first-order valence-electron chi connectivity index (χ1n) is 7.03. The normalized spacial score (nSPS) is 9.88. The molecule has 0 fully saturated rings. The van der Waals surface area contributed by atoms with E-state index in [9.17, 15) is 9.18 Å². The van der Waals surface area contributed by atoms with E-state index in [2.05, 4.69) is 15.6 Å². The second-order valence-electron chi connectivity index (χ2n) is 4.69. The lowest BCUT2D eigenvalue weighted by Crippen LogP contribution is -2.37. The van der Waals surface area contributed by atoms with Gasteiger partial charge in [0.15, 0.2) is 0 Å². The molecule has 0 atom stereocenters. The Kier molecular flexibility index (Phi) is 6.34. The molecule has 0 saturated heterocycles. The Morgan fingerprint density at radius 3 is 2.88 bits per heavy atom. The zero-order chi connectivity index (χ0) is 17.4. The van der Waals surface area contributed by atoms with E-state index in [-0.39, 0.29) is 25.3 Å². The summed E-state index contributed by atoms with van der Waals surface area (Å²) < 4.78 is 18.9. The SMILES string of the molecule is N#Cc1ccc(F)c(CNC(=O)NCCOc2ccc(Cl)cn2)c1. The monoisotopic (exact) mass is 348 g/mol. The van der Waals surface area contributed by atoms with E-state index in [4.69, 9.17) is 21.6 Å². The number of amides is 2. The van der Waals surface area contributed by atoms with E-state index in [0.29, 0.717) is 16.5 Å². The van der Waals surface area contributed by atoms with Gasteiger partial charge in [-0.25, -0.2) is 14.2 Å². The molecule has 2 rings (SSSR count). The number of hydrogen-bond donors (Lipinski definition) is 2.